The molecule has 0 aliphatic heterocycles. The Bertz CT molecular complexity index is 436. The van der Waals surface area contributed by atoms with Gasteiger partial charge in [-0.25, -0.2) is 0 Å². The Balaban J connectivity index is 2.60. The maximum Gasteiger partial charge on any atom is 0.319 e. The summed E-state index contributed by atoms with van der Waals surface area (Å²) in [7, 11) is 1.31. The molecular weight excluding hydrogens is 292 g/mol. The van der Waals surface area contributed by atoms with Gasteiger partial charge in [0.05, 0.1) is 18.6 Å². The van der Waals surface area contributed by atoms with Gasteiger partial charge in [-0.1, -0.05) is 15.9 Å². The van der Waals surface area contributed by atoms with Crippen molar-refractivity contribution in [3.05, 3.63) is 38.3 Å². The Morgan fingerprint density at radius 1 is 1.59 bits per heavy atom. The highest BCUT2D eigenvalue weighted by molar-refractivity contribution is 9.10. The van der Waals surface area contributed by atoms with Gasteiger partial charge in [-0.3, -0.25) is 14.9 Å². The number of hydrogen-bond acceptors (Lipinski definition) is 5. The molecule has 7 heteroatoms. The largest absolute Gasteiger partial charge is 0.468 e. The van der Waals surface area contributed by atoms with Gasteiger partial charge in [0.15, 0.2) is 0 Å². The molecule has 0 fully saturated rings. The van der Waals surface area contributed by atoms with E-state index in [0.717, 1.165) is 5.56 Å². The normalized spacial score (nSPS) is 10.0. The molecule has 0 amide bonds. The molecule has 0 spiro atoms. The first-order valence-corrected chi connectivity index (χ1v) is 5.54. The molecule has 0 atom stereocenters. The zero-order chi connectivity index (χ0) is 12.8. The second-order valence-corrected chi connectivity index (χ2v) is 4.07. The minimum absolute atomic E-state index is 0.0218. The molecule has 0 saturated heterocycles. The molecule has 17 heavy (non-hydrogen) atoms. The first-order valence-electron chi connectivity index (χ1n) is 4.75. The van der Waals surface area contributed by atoms with Crippen LogP contribution in [0.25, 0.3) is 0 Å². The highest BCUT2D eigenvalue weighted by Gasteiger charge is 2.09. The number of methoxy groups -OCH3 is 1. The third-order valence-electron chi connectivity index (χ3n) is 2.06. The smallest absolute Gasteiger partial charge is 0.319 e. The fraction of sp³-hybridized carbons (Fsp3) is 0.300. The second kappa shape index (κ2) is 6.31. The number of ether oxygens (including phenoxy) is 1. The Morgan fingerprint density at radius 2 is 2.29 bits per heavy atom. The van der Waals surface area contributed by atoms with E-state index in [-0.39, 0.29) is 18.2 Å². The molecule has 0 saturated carbocycles. The number of carbonyl (C=O) groups excluding carboxylic acids is 1. The lowest BCUT2D eigenvalue weighted by Gasteiger charge is -2.05. The van der Waals surface area contributed by atoms with E-state index in [4.69, 9.17) is 0 Å². The highest BCUT2D eigenvalue weighted by Crippen LogP contribution is 2.22. The molecule has 92 valence electrons. The van der Waals surface area contributed by atoms with E-state index in [1.165, 1.54) is 19.2 Å². The lowest BCUT2D eigenvalue weighted by Crippen LogP contribution is -2.23. The molecule has 0 aliphatic rings. The first-order chi connectivity index (χ1) is 8.04. The summed E-state index contributed by atoms with van der Waals surface area (Å²) in [6.07, 6.45) is 0. The zero-order valence-electron chi connectivity index (χ0n) is 9.10. The van der Waals surface area contributed by atoms with Crippen LogP contribution in [0.2, 0.25) is 0 Å². The van der Waals surface area contributed by atoms with Gasteiger partial charge < -0.3 is 10.1 Å². The number of carbonyl (C=O) groups is 1. The number of benzene rings is 1. The minimum atomic E-state index is -0.462. The van der Waals surface area contributed by atoms with Crippen LogP contribution in [-0.4, -0.2) is 24.5 Å². The van der Waals surface area contributed by atoms with Gasteiger partial charge in [-0.2, -0.15) is 0 Å². The number of halogens is 1. The molecule has 0 aromatic heterocycles. The van der Waals surface area contributed by atoms with Crippen molar-refractivity contribution in [2.45, 2.75) is 6.54 Å². The third-order valence-corrected chi connectivity index (χ3v) is 2.80. The van der Waals surface area contributed by atoms with Gasteiger partial charge >= 0.3 is 5.97 Å². The molecule has 0 radical (unpaired) electrons. The van der Waals surface area contributed by atoms with Crippen LogP contribution in [0.15, 0.2) is 22.7 Å². The van der Waals surface area contributed by atoms with E-state index in [1.54, 1.807) is 6.07 Å². The number of nitrogens with zero attached hydrogens (tertiary/aromatic N) is 1. The van der Waals surface area contributed by atoms with Gasteiger partial charge in [0.2, 0.25) is 0 Å². The van der Waals surface area contributed by atoms with Crippen molar-refractivity contribution >= 4 is 27.6 Å². The maximum atomic E-state index is 10.8. The minimum Gasteiger partial charge on any atom is -0.468 e. The van der Waals surface area contributed by atoms with E-state index in [1.807, 2.05) is 0 Å². The van der Waals surface area contributed by atoms with Gasteiger partial charge in [0.25, 0.3) is 5.69 Å². The summed E-state index contributed by atoms with van der Waals surface area (Å²) in [6, 6.07) is 4.47. The molecule has 0 unspecified atom stereocenters. The zero-order valence-corrected chi connectivity index (χ0v) is 10.7. The number of nitrogens with one attached hydrogen (secondary N) is 1. The maximum absolute atomic E-state index is 10.8. The summed E-state index contributed by atoms with van der Waals surface area (Å²) in [5, 5.41) is 13.4. The average Bonchev–Trinajstić information content (AvgIpc) is 2.30. The topological polar surface area (TPSA) is 81.5 Å². The van der Waals surface area contributed by atoms with Crippen molar-refractivity contribution in [2.75, 3.05) is 13.7 Å². The summed E-state index contributed by atoms with van der Waals surface area (Å²) in [5.74, 6) is -0.358. The predicted molar refractivity (Wildman–Crippen MR) is 64.5 cm³/mol. The average molecular weight is 303 g/mol. The molecule has 1 aromatic carbocycles. The van der Waals surface area contributed by atoms with Crippen LogP contribution >= 0.6 is 15.9 Å². The van der Waals surface area contributed by atoms with Crippen molar-refractivity contribution in [2.24, 2.45) is 0 Å². The number of nitro benzene ring substituents is 1. The van der Waals surface area contributed by atoms with Crippen molar-refractivity contribution in [1.82, 2.24) is 5.32 Å². The predicted octanol–water partition coefficient (Wildman–Crippen LogP) is 1.62. The number of nitro groups is 1. The van der Waals surface area contributed by atoms with Crippen LogP contribution in [0.3, 0.4) is 0 Å². The Kier molecular flexibility index (Phi) is 5.05. The van der Waals surface area contributed by atoms with Crippen LogP contribution in [0, 0.1) is 10.1 Å². The molecule has 1 rings (SSSR count). The second-order valence-electron chi connectivity index (χ2n) is 3.21. The van der Waals surface area contributed by atoms with Crippen LogP contribution in [-0.2, 0) is 16.1 Å². The van der Waals surface area contributed by atoms with E-state index in [0.29, 0.717) is 11.0 Å². The molecule has 1 N–H and O–H groups in total. The van der Waals surface area contributed by atoms with Crippen molar-refractivity contribution in [1.29, 1.82) is 0 Å². The van der Waals surface area contributed by atoms with Gasteiger partial charge in [-0.05, 0) is 11.6 Å². The molecule has 1 aromatic rings. The molecular formula is C10H11BrN2O4. The van der Waals surface area contributed by atoms with E-state index < -0.39 is 4.92 Å². The summed E-state index contributed by atoms with van der Waals surface area (Å²) in [4.78, 5) is 20.9. The molecule has 6 nitrogen and oxygen atoms in total. The fourth-order valence-corrected chi connectivity index (χ4v) is 1.67. The lowest BCUT2D eigenvalue weighted by atomic mass is 10.2. The molecule has 0 aliphatic carbocycles. The number of esters is 1. The molecule has 0 heterocycles. The lowest BCUT2D eigenvalue weighted by molar-refractivity contribution is -0.384. The highest BCUT2D eigenvalue weighted by atomic mass is 79.9. The first kappa shape index (κ1) is 13.6. The van der Waals surface area contributed by atoms with Crippen LogP contribution in [0.4, 0.5) is 5.69 Å². The van der Waals surface area contributed by atoms with Gasteiger partial charge in [0, 0.05) is 23.2 Å². The van der Waals surface area contributed by atoms with E-state index >= 15 is 0 Å². The van der Waals surface area contributed by atoms with Gasteiger partial charge in [0.1, 0.15) is 0 Å². The summed E-state index contributed by atoms with van der Waals surface area (Å²) in [6.45, 7) is 0.521. The Hall–Kier alpha value is -1.47. The third kappa shape index (κ3) is 4.12. The number of hydrogen-bond donors (Lipinski definition) is 1. The SMILES string of the molecule is COC(=O)CNCc1ccc([N+](=O)[O-])cc1Br. The summed E-state index contributed by atoms with van der Waals surface area (Å²) >= 11 is 3.24. The van der Waals surface area contributed by atoms with Crippen molar-refractivity contribution < 1.29 is 14.5 Å². The van der Waals surface area contributed by atoms with Crippen molar-refractivity contribution in [3.63, 3.8) is 0 Å². The Morgan fingerprint density at radius 3 is 2.82 bits per heavy atom. The quantitative estimate of drug-likeness (QED) is 0.508. The number of rotatable bonds is 5. The van der Waals surface area contributed by atoms with Gasteiger partial charge in [-0.15, -0.1) is 0 Å². The fourth-order valence-electron chi connectivity index (χ4n) is 1.16. The van der Waals surface area contributed by atoms with Crippen LogP contribution in [0.5, 0.6) is 0 Å². The standard InChI is InChI=1S/C10H11BrN2O4/c1-17-10(14)6-12-5-7-2-3-8(13(15)16)4-9(7)11/h2-4,12H,5-6H2,1H3. The Labute approximate surface area is 106 Å². The number of non-ortho nitro benzene ring substituents is 1. The monoisotopic (exact) mass is 302 g/mol. The summed E-state index contributed by atoms with van der Waals surface area (Å²) in [5.41, 5.74) is 0.855. The van der Waals surface area contributed by atoms with E-state index in [9.17, 15) is 14.9 Å². The van der Waals surface area contributed by atoms with Crippen molar-refractivity contribution in [3.8, 4) is 0 Å². The van der Waals surface area contributed by atoms with E-state index in [2.05, 4.69) is 26.0 Å². The van der Waals surface area contributed by atoms with Crippen LogP contribution in [0.1, 0.15) is 5.56 Å². The van der Waals surface area contributed by atoms with Crippen LogP contribution < -0.4 is 5.32 Å². The molecule has 0 bridgehead atoms. The summed E-state index contributed by atoms with van der Waals surface area (Å²) < 4.78 is 5.10.